The zero-order chi connectivity index (χ0) is 14.9. The van der Waals surface area contributed by atoms with Crippen molar-refractivity contribution in [1.82, 2.24) is 14.9 Å². The van der Waals surface area contributed by atoms with Crippen molar-refractivity contribution in [3.63, 3.8) is 0 Å². The number of nitrogens with zero attached hydrogens (tertiary/aromatic N) is 3. The van der Waals surface area contributed by atoms with E-state index in [-0.39, 0.29) is 5.91 Å². The Labute approximate surface area is 127 Å². The molecule has 21 heavy (non-hydrogen) atoms. The second-order valence-corrected chi connectivity index (χ2v) is 5.63. The molecule has 1 aromatic heterocycles. The molecule has 1 N–H and O–H groups in total. The van der Waals surface area contributed by atoms with E-state index in [0.717, 1.165) is 44.7 Å². The quantitative estimate of drug-likeness (QED) is 0.818. The summed E-state index contributed by atoms with van der Waals surface area (Å²) >= 11 is 0. The van der Waals surface area contributed by atoms with Crippen molar-refractivity contribution >= 4 is 11.7 Å². The number of carbonyl (C=O) groups excluding carboxylic acids is 1. The standard InChI is InChI=1S/C16H26N4O/c1-2-3-6-9-17-15-12-14(18-13-19-15)16(21)20-10-7-4-5-8-11-20/h12-13H,2-11H2,1H3,(H,17,18,19). The summed E-state index contributed by atoms with van der Waals surface area (Å²) in [5.74, 6) is 0.787. The lowest BCUT2D eigenvalue weighted by Crippen LogP contribution is -2.32. The third-order valence-corrected chi connectivity index (χ3v) is 3.87. The second kappa shape index (κ2) is 8.60. The van der Waals surface area contributed by atoms with Crippen LogP contribution in [-0.2, 0) is 0 Å². The van der Waals surface area contributed by atoms with Gasteiger partial charge in [-0.2, -0.15) is 0 Å². The molecule has 2 heterocycles. The Balaban J connectivity index is 1.93. The van der Waals surface area contributed by atoms with Crippen molar-refractivity contribution < 1.29 is 4.79 Å². The molecule has 0 unspecified atom stereocenters. The summed E-state index contributed by atoms with van der Waals surface area (Å²) in [4.78, 5) is 22.8. The van der Waals surface area contributed by atoms with E-state index in [2.05, 4.69) is 22.2 Å². The van der Waals surface area contributed by atoms with E-state index in [1.807, 2.05) is 4.90 Å². The number of amides is 1. The van der Waals surface area contributed by atoms with Gasteiger partial charge in [-0.1, -0.05) is 32.6 Å². The Kier molecular flexibility index (Phi) is 6.44. The lowest BCUT2D eigenvalue weighted by molar-refractivity contribution is 0.0755. The van der Waals surface area contributed by atoms with Gasteiger partial charge in [0.1, 0.15) is 17.8 Å². The predicted molar refractivity (Wildman–Crippen MR) is 84.4 cm³/mol. The molecule has 1 saturated heterocycles. The summed E-state index contributed by atoms with van der Waals surface area (Å²) < 4.78 is 0. The highest BCUT2D eigenvalue weighted by molar-refractivity contribution is 5.92. The maximum absolute atomic E-state index is 12.5. The number of nitrogens with one attached hydrogen (secondary N) is 1. The molecule has 0 aromatic carbocycles. The van der Waals surface area contributed by atoms with Crippen molar-refractivity contribution in [1.29, 1.82) is 0 Å². The van der Waals surface area contributed by atoms with Crippen LogP contribution in [0.2, 0.25) is 0 Å². The first-order valence-corrected chi connectivity index (χ1v) is 8.16. The van der Waals surface area contributed by atoms with Crippen LogP contribution >= 0.6 is 0 Å². The molecular weight excluding hydrogens is 264 g/mol. The molecule has 1 fully saturated rings. The number of hydrogen-bond acceptors (Lipinski definition) is 4. The Morgan fingerprint density at radius 3 is 2.67 bits per heavy atom. The smallest absolute Gasteiger partial charge is 0.272 e. The molecule has 1 aliphatic rings. The minimum absolute atomic E-state index is 0.0379. The summed E-state index contributed by atoms with van der Waals surface area (Å²) in [6.07, 6.45) is 9.64. The van der Waals surface area contributed by atoms with Gasteiger partial charge in [-0.3, -0.25) is 4.79 Å². The highest BCUT2D eigenvalue weighted by Crippen LogP contribution is 2.13. The first kappa shape index (κ1) is 15.7. The van der Waals surface area contributed by atoms with Crippen LogP contribution in [0, 0.1) is 0 Å². The second-order valence-electron chi connectivity index (χ2n) is 5.63. The molecule has 0 saturated carbocycles. The van der Waals surface area contributed by atoms with Gasteiger partial charge >= 0.3 is 0 Å². The van der Waals surface area contributed by atoms with Crippen molar-refractivity contribution in [3.05, 3.63) is 18.1 Å². The lowest BCUT2D eigenvalue weighted by atomic mass is 10.2. The van der Waals surface area contributed by atoms with Gasteiger partial charge in [0.2, 0.25) is 0 Å². The summed E-state index contributed by atoms with van der Waals surface area (Å²) in [6.45, 7) is 4.77. The minimum Gasteiger partial charge on any atom is -0.370 e. The topological polar surface area (TPSA) is 58.1 Å². The van der Waals surface area contributed by atoms with Gasteiger partial charge in [0.05, 0.1) is 0 Å². The molecule has 116 valence electrons. The van der Waals surface area contributed by atoms with E-state index in [0.29, 0.717) is 5.69 Å². The maximum atomic E-state index is 12.5. The molecule has 1 aromatic rings. The van der Waals surface area contributed by atoms with E-state index < -0.39 is 0 Å². The molecule has 1 amide bonds. The molecule has 0 atom stereocenters. The zero-order valence-electron chi connectivity index (χ0n) is 13.0. The Morgan fingerprint density at radius 2 is 1.95 bits per heavy atom. The molecule has 5 nitrogen and oxygen atoms in total. The van der Waals surface area contributed by atoms with Crippen LogP contribution in [-0.4, -0.2) is 40.4 Å². The monoisotopic (exact) mass is 290 g/mol. The molecule has 0 bridgehead atoms. The predicted octanol–water partition coefficient (Wildman–Crippen LogP) is 3.09. The van der Waals surface area contributed by atoms with Crippen LogP contribution in [0.5, 0.6) is 0 Å². The fourth-order valence-electron chi connectivity index (χ4n) is 2.60. The van der Waals surface area contributed by atoms with Gasteiger partial charge < -0.3 is 10.2 Å². The summed E-state index contributed by atoms with van der Waals surface area (Å²) in [5, 5.41) is 3.27. The Bertz CT molecular complexity index is 442. The van der Waals surface area contributed by atoms with Crippen LogP contribution in [0.25, 0.3) is 0 Å². The lowest BCUT2D eigenvalue weighted by Gasteiger charge is -2.19. The number of rotatable bonds is 6. The van der Waals surface area contributed by atoms with Gasteiger partial charge in [0.15, 0.2) is 0 Å². The molecule has 2 rings (SSSR count). The van der Waals surface area contributed by atoms with Crippen LogP contribution in [0.3, 0.4) is 0 Å². The molecular formula is C16H26N4O. The summed E-state index contributed by atoms with van der Waals surface area (Å²) in [6, 6.07) is 1.78. The summed E-state index contributed by atoms with van der Waals surface area (Å²) in [7, 11) is 0. The van der Waals surface area contributed by atoms with Gasteiger partial charge in [0, 0.05) is 25.7 Å². The molecule has 0 aliphatic carbocycles. The third-order valence-electron chi connectivity index (χ3n) is 3.87. The zero-order valence-corrected chi connectivity index (χ0v) is 13.0. The summed E-state index contributed by atoms with van der Waals surface area (Å²) in [5.41, 5.74) is 0.505. The van der Waals surface area contributed by atoms with E-state index >= 15 is 0 Å². The van der Waals surface area contributed by atoms with Crippen LogP contribution in [0.15, 0.2) is 12.4 Å². The van der Waals surface area contributed by atoms with Crippen molar-refractivity contribution in [2.45, 2.75) is 51.9 Å². The minimum atomic E-state index is 0.0379. The average molecular weight is 290 g/mol. The van der Waals surface area contributed by atoms with Crippen molar-refractivity contribution in [3.8, 4) is 0 Å². The van der Waals surface area contributed by atoms with Crippen molar-refractivity contribution in [2.24, 2.45) is 0 Å². The first-order valence-electron chi connectivity index (χ1n) is 8.16. The van der Waals surface area contributed by atoms with Gasteiger partial charge in [-0.05, 0) is 19.3 Å². The average Bonchev–Trinajstić information content (AvgIpc) is 2.80. The van der Waals surface area contributed by atoms with Crippen LogP contribution in [0.1, 0.15) is 62.4 Å². The highest BCUT2D eigenvalue weighted by Gasteiger charge is 2.18. The number of likely N-dealkylation sites (tertiary alicyclic amines) is 1. The number of anilines is 1. The van der Waals surface area contributed by atoms with Crippen molar-refractivity contribution in [2.75, 3.05) is 25.0 Å². The molecule has 0 radical (unpaired) electrons. The van der Waals surface area contributed by atoms with Crippen LogP contribution < -0.4 is 5.32 Å². The Morgan fingerprint density at radius 1 is 1.19 bits per heavy atom. The van der Waals surface area contributed by atoms with Gasteiger partial charge in [0.25, 0.3) is 5.91 Å². The largest absolute Gasteiger partial charge is 0.370 e. The molecule has 5 heteroatoms. The third kappa shape index (κ3) is 4.99. The maximum Gasteiger partial charge on any atom is 0.272 e. The van der Waals surface area contributed by atoms with E-state index in [9.17, 15) is 4.79 Å². The van der Waals surface area contributed by atoms with Gasteiger partial charge in [-0.15, -0.1) is 0 Å². The number of unbranched alkanes of at least 4 members (excludes halogenated alkanes) is 2. The number of carbonyl (C=O) groups is 1. The fourth-order valence-corrected chi connectivity index (χ4v) is 2.60. The Hall–Kier alpha value is -1.65. The normalized spacial score (nSPS) is 15.6. The van der Waals surface area contributed by atoms with E-state index in [4.69, 9.17) is 0 Å². The van der Waals surface area contributed by atoms with Crippen LogP contribution in [0.4, 0.5) is 5.82 Å². The molecule has 1 aliphatic heterocycles. The van der Waals surface area contributed by atoms with E-state index in [1.54, 1.807) is 6.07 Å². The van der Waals surface area contributed by atoms with E-state index in [1.165, 1.54) is 32.0 Å². The first-order chi connectivity index (χ1) is 10.3. The molecule has 0 spiro atoms. The fraction of sp³-hybridized carbons (Fsp3) is 0.688. The highest BCUT2D eigenvalue weighted by atomic mass is 16.2. The number of aromatic nitrogens is 2. The number of hydrogen-bond donors (Lipinski definition) is 1. The van der Waals surface area contributed by atoms with Gasteiger partial charge in [-0.25, -0.2) is 9.97 Å². The SMILES string of the molecule is CCCCCNc1cc(C(=O)N2CCCCCC2)ncn1.